The van der Waals surface area contributed by atoms with Gasteiger partial charge in [0, 0.05) is 0 Å². The molecular weight excluding hydrogens is 328 g/mol. The molecule has 1 aromatic carbocycles. The van der Waals surface area contributed by atoms with Crippen LogP contribution in [0.2, 0.25) is 0 Å². The minimum absolute atomic E-state index is 0.0371. The molecule has 2 fully saturated rings. The largest absolute Gasteiger partial charge is 0.347 e. The molecule has 3 aliphatic rings. The van der Waals surface area contributed by atoms with Crippen LogP contribution in [-0.2, 0) is 20.8 Å². The number of hydrogen-bond donors (Lipinski definition) is 1. The molecule has 26 heavy (non-hydrogen) atoms. The monoisotopic (exact) mass is 354 g/mol. The zero-order chi connectivity index (χ0) is 18.3. The lowest BCUT2D eigenvalue weighted by Gasteiger charge is -2.29. The molecule has 3 amide bonds. The molecule has 138 valence electrons. The number of benzene rings is 1. The van der Waals surface area contributed by atoms with Crippen molar-refractivity contribution in [3.8, 4) is 0 Å². The number of amides is 3. The van der Waals surface area contributed by atoms with Crippen molar-refractivity contribution in [3.05, 3.63) is 35.4 Å². The summed E-state index contributed by atoms with van der Waals surface area (Å²) in [5.41, 5.74) is 2.43. The lowest BCUT2D eigenvalue weighted by Crippen LogP contribution is -2.49. The molecule has 3 unspecified atom stereocenters. The highest BCUT2D eigenvalue weighted by atomic mass is 16.2. The van der Waals surface area contributed by atoms with Gasteiger partial charge in [0.2, 0.25) is 17.7 Å². The average Bonchev–Trinajstić information content (AvgIpc) is 2.92. The van der Waals surface area contributed by atoms with Gasteiger partial charge in [0.1, 0.15) is 6.04 Å². The van der Waals surface area contributed by atoms with Crippen molar-refractivity contribution in [1.29, 1.82) is 0 Å². The minimum Gasteiger partial charge on any atom is -0.347 e. The molecule has 5 heteroatoms. The summed E-state index contributed by atoms with van der Waals surface area (Å²) in [5, 5.41) is 3.09. The predicted octanol–water partition coefficient (Wildman–Crippen LogP) is 2.74. The number of carbonyl (C=O) groups excluding carboxylic acids is 3. The van der Waals surface area contributed by atoms with E-state index in [0.717, 1.165) is 50.5 Å². The van der Waals surface area contributed by atoms with Crippen molar-refractivity contribution in [2.24, 2.45) is 11.8 Å². The standard InChI is InChI=1S/C21H26N2O3/c1-13(23-20(25)16-10-4-5-11-17(16)21(23)26)19(24)22-18-12-6-8-14-7-2-3-9-15(14)18/h2-3,7,9,13,16-18H,4-6,8,10-12H2,1H3,(H,22,24)/t13-,16?,17?,18?/m0/s1. The Morgan fingerprint density at radius 2 is 1.69 bits per heavy atom. The summed E-state index contributed by atoms with van der Waals surface area (Å²) in [6.07, 6.45) is 6.49. The van der Waals surface area contributed by atoms with Gasteiger partial charge in [-0.2, -0.15) is 0 Å². The number of likely N-dealkylation sites (tertiary alicyclic amines) is 1. The number of hydrogen-bond acceptors (Lipinski definition) is 3. The van der Waals surface area contributed by atoms with E-state index >= 15 is 0 Å². The Bertz CT molecular complexity index is 721. The molecule has 4 rings (SSSR count). The third-order valence-electron chi connectivity index (χ3n) is 6.33. The van der Waals surface area contributed by atoms with Crippen LogP contribution in [0.4, 0.5) is 0 Å². The summed E-state index contributed by atoms with van der Waals surface area (Å²) in [6.45, 7) is 1.68. The number of carbonyl (C=O) groups is 3. The number of nitrogens with zero attached hydrogens (tertiary/aromatic N) is 1. The van der Waals surface area contributed by atoms with Gasteiger partial charge < -0.3 is 5.32 Å². The second-order valence-electron chi connectivity index (χ2n) is 7.87. The van der Waals surface area contributed by atoms with E-state index < -0.39 is 6.04 Å². The molecule has 1 aromatic rings. The van der Waals surface area contributed by atoms with E-state index in [1.807, 2.05) is 12.1 Å². The average molecular weight is 354 g/mol. The van der Waals surface area contributed by atoms with Gasteiger partial charge in [-0.3, -0.25) is 19.3 Å². The highest BCUT2D eigenvalue weighted by Crippen LogP contribution is 2.39. The van der Waals surface area contributed by atoms with Crippen LogP contribution >= 0.6 is 0 Å². The smallest absolute Gasteiger partial charge is 0.243 e. The maximum Gasteiger partial charge on any atom is 0.243 e. The molecule has 1 aliphatic heterocycles. The fourth-order valence-corrected chi connectivity index (χ4v) is 4.88. The topological polar surface area (TPSA) is 66.5 Å². The molecule has 0 aromatic heterocycles. The highest BCUT2D eigenvalue weighted by molar-refractivity contribution is 6.08. The first-order valence-electron chi connectivity index (χ1n) is 9.83. The first-order chi connectivity index (χ1) is 12.6. The van der Waals surface area contributed by atoms with Crippen LogP contribution in [0.5, 0.6) is 0 Å². The first kappa shape index (κ1) is 17.3. The normalized spacial score (nSPS) is 29.1. The molecule has 2 aliphatic carbocycles. The van der Waals surface area contributed by atoms with Crippen molar-refractivity contribution in [2.45, 2.75) is 64.0 Å². The molecule has 1 N–H and O–H groups in total. The molecule has 0 radical (unpaired) electrons. The van der Waals surface area contributed by atoms with Gasteiger partial charge in [-0.15, -0.1) is 0 Å². The zero-order valence-electron chi connectivity index (χ0n) is 15.2. The highest BCUT2D eigenvalue weighted by Gasteiger charge is 2.50. The van der Waals surface area contributed by atoms with E-state index in [4.69, 9.17) is 0 Å². The van der Waals surface area contributed by atoms with Gasteiger partial charge in [0.15, 0.2) is 0 Å². The van der Waals surface area contributed by atoms with Gasteiger partial charge in [-0.25, -0.2) is 0 Å². The van der Waals surface area contributed by atoms with Crippen molar-refractivity contribution >= 4 is 17.7 Å². The summed E-state index contributed by atoms with van der Waals surface area (Å²) in [7, 11) is 0. The minimum atomic E-state index is -0.741. The third kappa shape index (κ3) is 2.83. The van der Waals surface area contributed by atoms with E-state index in [-0.39, 0.29) is 35.6 Å². The second kappa shape index (κ2) is 6.86. The SMILES string of the molecule is C[C@@H](C(=O)NC1CCCc2ccccc21)N1C(=O)C2CCCCC2C1=O. The molecular formula is C21H26N2O3. The van der Waals surface area contributed by atoms with Gasteiger partial charge >= 0.3 is 0 Å². The van der Waals surface area contributed by atoms with Crippen molar-refractivity contribution in [3.63, 3.8) is 0 Å². The molecule has 0 spiro atoms. The van der Waals surface area contributed by atoms with Gasteiger partial charge in [-0.1, -0.05) is 37.1 Å². The summed E-state index contributed by atoms with van der Waals surface area (Å²) >= 11 is 0. The number of nitrogens with one attached hydrogen (secondary N) is 1. The van der Waals surface area contributed by atoms with E-state index in [0.29, 0.717) is 0 Å². The fraction of sp³-hybridized carbons (Fsp3) is 0.571. The van der Waals surface area contributed by atoms with E-state index in [9.17, 15) is 14.4 Å². The molecule has 5 nitrogen and oxygen atoms in total. The Hall–Kier alpha value is -2.17. The predicted molar refractivity (Wildman–Crippen MR) is 97.0 cm³/mol. The van der Waals surface area contributed by atoms with E-state index in [2.05, 4.69) is 17.4 Å². The van der Waals surface area contributed by atoms with Crippen molar-refractivity contribution < 1.29 is 14.4 Å². The van der Waals surface area contributed by atoms with Crippen molar-refractivity contribution in [2.75, 3.05) is 0 Å². The summed E-state index contributed by atoms with van der Waals surface area (Å²) in [5.74, 6) is -0.936. The van der Waals surface area contributed by atoms with Crippen LogP contribution in [0, 0.1) is 11.8 Å². The maximum atomic E-state index is 12.8. The first-order valence-corrected chi connectivity index (χ1v) is 9.83. The van der Waals surface area contributed by atoms with E-state index in [1.54, 1.807) is 6.92 Å². The Morgan fingerprint density at radius 3 is 2.38 bits per heavy atom. The maximum absolute atomic E-state index is 12.8. The quantitative estimate of drug-likeness (QED) is 0.849. The number of rotatable bonds is 3. The van der Waals surface area contributed by atoms with Gasteiger partial charge in [-0.05, 0) is 50.2 Å². The van der Waals surface area contributed by atoms with Gasteiger partial charge in [0.25, 0.3) is 0 Å². The Balaban J connectivity index is 1.49. The Morgan fingerprint density at radius 1 is 1.04 bits per heavy atom. The molecule has 1 saturated heterocycles. The van der Waals surface area contributed by atoms with Gasteiger partial charge in [0.05, 0.1) is 17.9 Å². The molecule has 1 heterocycles. The van der Waals surface area contributed by atoms with Crippen LogP contribution in [0.3, 0.4) is 0 Å². The summed E-state index contributed by atoms with van der Waals surface area (Å²) in [6, 6.07) is 7.40. The number of aryl methyl sites for hydroxylation is 1. The van der Waals surface area contributed by atoms with E-state index in [1.165, 1.54) is 10.5 Å². The lowest BCUT2D eigenvalue weighted by molar-refractivity contribution is -0.147. The van der Waals surface area contributed by atoms with Crippen molar-refractivity contribution in [1.82, 2.24) is 10.2 Å². The third-order valence-corrected chi connectivity index (χ3v) is 6.33. The molecule has 4 atom stereocenters. The summed E-state index contributed by atoms with van der Waals surface area (Å²) < 4.78 is 0. The summed E-state index contributed by atoms with van der Waals surface area (Å²) in [4.78, 5) is 39.5. The fourth-order valence-electron chi connectivity index (χ4n) is 4.88. The number of imide groups is 1. The van der Waals surface area contributed by atoms with Crippen LogP contribution in [-0.4, -0.2) is 28.7 Å². The van der Waals surface area contributed by atoms with Crippen LogP contribution in [0.25, 0.3) is 0 Å². The second-order valence-corrected chi connectivity index (χ2v) is 7.87. The molecule has 0 bridgehead atoms. The van der Waals surface area contributed by atoms with Crippen LogP contribution in [0.1, 0.15) is 62.6 Å². The Kier molecular flexibility index (Phi) is 4.55. The van der Waals surface area contributed by atoms with Crippen LogP contribution < -0.4 is 5.32 Å². The Labute approximate surface area is 154 Å². The lowest BCUT2D eigenvalue weighted by atomic mass is 9.81. The molecule has 1 saturated carbocycles. The number of fused-ring (bicyclic) bond motifs is 2. The van der Waals surface area contributed by atoms with Crippen LogP contribution in [0.15, 0.2) is 24.3 Å². The zero-order valence-corrected chi connectivity index (χ0v) is 15.2.